The maximum Gasteiger partial charge on any atom is 0.229 e. The number of nitrogens with one attached hydrogen (secondary N) is 3. The lowest BCUT2D eigenvalue weighted by atomic mass is 10.1. The van der Waals surface area contributed by atoms with Gasteiger partial charge in [0.25, 0.3) is 0 Å². The van der Waals surface area contributed by atoms with E-state index in [2.05, 4.69) is 30.9 Å². The Morgan fingerprint density at radius 1 is 0.921 bits per heavy atom. The predicted octanol–water partition coefficient (Wildman–Crippen LogP) is 4.67. The minimum atomic E-state index is -0.443. The second kappa shape index (κ2) is 11.0. The first-order valence-electron chi connectivity index (χ1n) is 12.1. The lowest BCUT2D eigenvalue weighted by molar-refractivity contribution is -0.122. The van der Waals surface area contributed by atoms with Gasteiger partial charge in [-0.2, -0.15) is 0 Å². The van der Waals surface area contributed by atoms with Crippen LogP contribution in [-0.4, -0.2) is 40.4 Å². The SMILES string of the molecule is COc1cccc(N2CC(C(=O)Nc3ccc(Nc4cc(Nc5cc(C)ccn5)ncn4)cc3)CC2=O)c1. The maximum absolute atomic E-state index is 12.9. The van der Waals surface area contributed by atoms with Crippen molar-refractivity contribution in [1.29, 1.82) is 0 Å². The van der Waals surface area contributed by atoms with Crippen molar-refractivity contribution in [2.24, 2.45) is 5.92 Å². The number of carbonyl (C=O) groups excluding carboxylic acids is 2. The molecule has 2 aromatic carbocycles. The van der Waals surface area contributed by atoms with Gasteiger partial charge in [-0.3, -0.25) is 9.59 Å². The van der Waals surface area contributed by atoms with E-state index in [0.29, 0.717) is 35.4 Å². The van der Waals surface area contributed by atoms with Gasteiger partial charge < -0.3 is 25.6 Å². The third-order valence-electron chi connectivity index (χ3n) is 6.12. The number of ether oxygens (including phenoxy) is 1. The average molecular weight is 510 g/mol. The van der Waals surface area contributed by atoms with E-state index in [4.69, 9.17) is 4.74 Å². The van der Waals surface area contributed by atoms with Gasteiger partial charge in [0.2, 0.25) is 11.8 Å². The number of anilines is 6. The number of amides is 2. The molecule has 2 amide bonds. The van der Waals surface area contributed by atoms with Crippen molar-refractivity contribution in [3.05, 3.63) is 84.8 Å². The normalized spacial score (nSPS) is 14.7. The average Bonchev–Trinajstić information content (AvgIpc) is 3.32. The number of hydrogen-bond acceptors (Lipinski definition) is 8. The summed E-state index contributed by atoms with van der Waals surface area (Å²) in [5.74, 6) is 1.85. The summed E-state index contributed by atoms with van der Waals surface area (Å²) in [5, 5.41) is 9.32. The van der Waals surface area contributed by atoms with Crippen molar-refractivity contribution in [1.82, 2.24) is 15.0 Å². The molecule has 192 valence electrons. The molecule has 1 aliphatic heterocycles. The zero-order valence-corrected chi connectivity index (χ0v) is 21.0. The smallest absolute Gasteiger partial charge is 0.229 e. The van der Waals surface area contributed by atoms with Gasteiger partial charge in [-0.25, -0.2) is 15.0 Å². The Hall–Kier alpha value is -4.99. The number of hydrogen-bond donors (Lipinski definition) is 3. The maximum atomic E-state index is 12.9. The largest absolute Gasteiger partial charge is 0.497 e. The standard InChI is InChI=1S/C28H27N7O3/c1-18-10-11-29-24(12-18)34-26-15-25(30-17-31-26)32-20-6-8-21(9-7-20)33-28(37)19-13-27(36)35(16-19)22-4-3-5-23(14-22)38-2/h3-12,14-15,17,19H,13,16H2,1-2H3,(H,33,37)(H2,29,30,31,32,34). The van der Waals surface area contributed by atoms with Crippen LogP contribution in [0.3, 0.4) is 0 Å². The van der Waals surface area contributed by atoms with E-state index in [1.165, 1.54) is 6.33 Å². The molecule has 3 heterocycles. The number of benzene rings is 2. The van der Waals surface area contributed by atoms with Gasteiger partial charge in [-0.1, -0.05) is 6.07 Å². The van der Waals surface area contributed by atoms with Gasteiger partial charge in [-0.05, 0) is 61.0 Å². The Morgan fingerprint density at radius 3 is 2.42 bits per heavy atom. The Labute approximate surface area is 220 Å². The highest BCUT2D eigenvalue weighted by atomic mass is 16.5. The highest BCUT2D eigenvalue weighted by Gasteiger charge is 2.35. The fourth-order valence-corrected chi connectivity index (χ4v) is 4.17. The van der Waals surface area contributed by atoms with Crippen LogP contribution in [0.15, 0.2) is 79.3 Å². The minimum Gasteiger partial charge on any atom is -0.497 e. The lowest BCUT2D eigenvalue weighted by Crippen LogP contribution is -2.28. The number of nitrogens with zero attached hydrogens (tertiary/aromatic N) is 4. The van der Waals surface area contributed by atoms with Crippen LogP contribution in [0, 0.1) is 12.8 Å². The van der Waals surface area contributed by atoms with Crippen molar-refractivity contribution in [3.8, 4) is 5.75 Å². The molecule has 1 fully saturated rings. The van der Waals surface area contributed by atoms with Crippen molar-refractivity contribution >= 4 is 46.3 Å². The fraction of sp³-hybridized carbons (Fsp3) is 0.179. The van der Waals surface area contributed by atoms with Crippen LogP contribution in [-0.2, 0) is 9.59 Å². The Kier molecular flexibility index (Phi) is 7.12. The van der Waals surface area contributed by atoms with Crippen molar-refractivity contribution < 1.29 is 14.3 Å². The van der Waals surface area contributed by atoms with E-state index in [-0.39, 0.29) is 18.2 Å². The molecule has 1 saturated heterocycles. The van der Waals surface area contributed by atoms with Gasteiger partial charge in [0.15, 0.2) is 0 Å². The molecule has 1 atom stereocenters. The first-order valence-corrected chi connectivity index (χ1v) is 12.1. The molecule has 0 aliphatic carbocycles. The number of aromatic nitrogens is 3. The molecule has 38 heavy (non-hydrogen) atoms. The molecule has 1 unspecified atom stereocenters. The molecule has 3 N–H and O–H groups in total. The molecular weight excluding hydrogens is 482 g/mol. The quantitative estimate of drug-likeness (QED) is 0.313. The molecule has 0 radical (unpaired) electrons. The summed E-state index contributed by atoms with van der Waals surface area (Å²) in [7, 11) is 1.58. The zero-order valence-electron chi connectivity index (χ0n) is 21.0. The first-order chi connectivity index (χ1) is 18.5. The lowest BCUT2D eigenvalue weighted by Gasteiger charge is -2.17. The van der Waals surface area contributed by atoms with Crippen molar-refractivity contribution in [3.63, 3.8) is 0 Å². The number of rotatable bonds is 8. The third-order valence-corrected chi connectivity index (χ3v) is 6.12. The topological polar surface area (TPSA) is 121 Å². The van der Waals surface area contributed by atoms with Crippen LogP contribution in [0.1, 0.15) is 12.0 Å². The van der Waals surface area contributed by atoms with Crippen LogP contribution >= 0.6 is 0 Å². The van der Waals surface area contributed by atoms with E-state index in [0.717, 1.165) is 16.9 Å². The van der Waals surface area contributed by atoms with Gasteiger partial charge >= 0.3 is 0 Å². The van der Waals surface area contributed by atoms with Crippen molar-refractivity contribution in [2.45, 2.75) is 13.3 Å². The molecule has 1 aliphatic rings. The van der Waals surface area contributed by atoms with Crippen LogP contribution in [0.5, 0.6) is 5.75 Å². The summed E-state index contributed by atoms with van der Waals surface area (Å²) in [6, 6.07) is 20.2. The fourth-order valence-electron chi connectivity index (χ4n) is 4.17. The van der Waals surface area contributed by atoms with Gasteiger partial charge in [0.05, 0.1) is 13.0 Å². The van der Waals surface area contributed by atoms with Gasteiger partial charge in [-0.15, -0.1) is 0 Å². The zero-order chi connectivity index (χ0) is 26.5. The van der Waals surface area contributed by atoms with Crippen molar-refractivity contribution in [2.75, 3.05) is 34.5 Å². The molecule has 4 aromatic rings. The number of methoxy groups -OCH3 is 1. The highest BCUT2D eigenvalue weighted by Crippen LogP contribution is 2.29. The number of aryl methyl sites for hydroxylation is 1. The summed E-state index contributed by atoms with van der Waals surface area (Å²) in [5.41, 5.74) is 3.25. The molecule has 10 heteroatoms. The second-order valence-electron chi connectivity index (χ2n) is 8.93. The Bertz CT molecular complexity index is 1460. The van der Waals surface area contributed by atoms with E-state index in [1.54, 1.807) is 42.5 Å². The molecule has 0 saturated carbocycles. The number of pyridine rings is 1. The monoisotopic (exact) mass is 509 g/mol. The molecule has 0 spiro atoms. The molecule has 0 bridgehead atoms. The third kappa shape index (κ3) is 5.86. The highest BCUT2D eigenvalue weighted by molar-refractivity contribution is 6.03. The Balaban J connectivity index is 1.18. The Morgan fingerprint density at radius 2 is 1.66 bits per heavy atom. The summed E-state index contributed by atoms with van der Waals surface area (Å²) in [6.07, 6.45) is 3.36. The molecule has 2 aromatic heterocycles. The van der Waals surface area contributed by atoms with Gasteiger partial charge in [0, 0.05) is 48.4 Å². The number of carbonyl (C=O) groups is 2. The first kappa shape index (κ1) is 24.7. The van der Waals surface area contributed by atoms with Crippen LogP contribution in [0.2, 0.25) is 0 Å². The van der Waals surface area contributed by atoms with E-state index >= 15 is 0 Å². The van der Waals surface area contributed by atoms with Crippen LogP contribution in [0.25, 0.3) is 0 Å². The van der Waals surface area contributed by atoms with E-state index in [9.17, 15) is 9.59 Å². The predicted molar refractivity (Wildman–Crippen MR) is 146 cm³/mol. The minimum absolute atomic E-state index is 0.0881. The molecule has 5 rings (SSSR count). The van der Waals surface area contributed by atoms with Crippen LogP contribution in [0.4, 0.5) is 34.5 Å². The molecular formula is C28H27N7O3. The second-order valence-corrected chi connectivity index (χ2v) is 8.93. The summed E-state index contributed by atoms with van der Waals surface area (Å²) < 4.78 is 5.25. The van der Waals surface area contributed by atoms with E-state index in [1.807, 2.05) is 49.4 Å². The summed E-state index contributed by atoms with van der Waals surface area (Å²) in [4.78, 5) is 39.9. The molecule has 10 nitrogen and oxygen atoms in total. The summed E-state index contributed by atoms with van der Waals surface area (Å²) >= 11 is 0. The van der Waals surface area contributed by atoms with Gasteiger partial charge in [0.1, 0.15) is 29.5 Å². The van der Waals surface area contributed by atoms with E-state index < -0.39 is 5.92 Å². The van der Waals surface area contributed by atoms with Crippen LogP contribution < -0.4 is 25.6 Å². The summed E-state index contributed by atoms with van der Waals surface area (Å²) in [6.45, 7) is 2.32.